The summed E-state index contributed by atoms with van der Waals surface area (Å²) in [5.74, 6) is 0. The molecule has 1 aromatic heterocycles. The van der Waals surface area contributed by atoms with E-state index in [-0.39, 0.29) is 10.8 Å². The lowest BCUT2D eigenvalue weighted by atomic mass is 9.86. The van der Waals surface area contributed by atoms with E-state index in [2.05, 4.69) is 96.1 Å². The first-order chi connectivity index (χ1) is 27.5. The number of hydrogen-bond acceptors (Lipinski definition) is 3. The van der Waals surface area contributed by atoms with Gasteiger partial charge in [-0.15, -0.1) is 0 Å². The molecule has 9 heteroatoms. The van der Waals surface area contributed by atoms with Crippen molar-refractivity contribution in [1.82, 2.24) is 4.48 Å². The van der Waals surface area contributed by atoms with Crippen LogP contribution in [0.25, 0.3) is 34.0 Å². The standard InChI is InChI=1S/C49H53BF4N2O2/c1-32-9-13-34(14-10-32)42-25-44(36-17-21-38(22-18-36)48(3,4)5)55-45(42)27-47-43(35-15-11-33(2)12-16-35)26-46(37-19-23-39(24-20-37)49(6,7)8)56(47)50(57-30-40(53)28-51)58-31-41(54)29-52/h9-27,40-41H,28-31H2,1-8H3/b45-27-. The summed E-state index contributed by atoms with van der Waals surface area (Å²) in [4.78, 5) is 5.24. The molecule has 0 bridgehead atoms. The Hall–Kier alpha value is -4.99. The molecule has 2 heterocycles. The van der Waals surface area contributed by atoms with E-state index in [1.807, 2.05) is 74.5 Å². The second-order valence-corrected chi connectivity index (χ2v) is 17.1. The van der Waals surface area contributed by atoms with Crippen LogP contribution in [0.3, 0.4) is 0 Å². The largest absolute Gasteiger partial charge is 0.598 e. The number of benzene rings is 4. The van der Waals surface area contributed by atoms with E-state index in [9.17, 15) is 17.6 Å². The second-order valence-electron chi connectivity index (χ2n) is 17.1. The molecule has 5 aromatic rings. The maximum Gasteiger partial charge on any atom is 0.598 e. The topological polar surface area (TPSA) is 35.8 Å². The van der Waals surface area contributed by atoms with Crippen molar-refractivity contribution >= 4 is 24.6 Å². The van der Waals surface area contributed by atoms with E-state index in [1.54, 1.807) is 4.48 Å². The van der Waals surface area contributed by atoms with Gasteiger partial charge in [-0.25, -0.2) is 22.6 Å². The fraction of sp³-hybridized carbons (Fsp3) is 0.327. The lowest BCUT2D eigenvalue weighted by molar-refractivity contribution is 0.0997. The van der Waals surface area contributed by atoms with Crippen LogP contribution in [0.2, 0.25) is 0 Å². The third-order valence-electron chi connectivity index (χ3n) is 10.4. The van der Waals surface area contributed by atoms with Gasteiger partial charge >= 0.3 is 7.25 Å². The van der Waals surface area contributed by atoms with Gasteiger partial charge in [0.15, 0.2) is 0 Å². The van der Waals surface area contributed by atoms with Crippen LogP contribution in [-0.4, -0.2) is 56.3 Å². The van der Waals surface area contributed by atoms with Crippen molar-refractivity contribution in [2.45, 2.75) is 78.6 Å². The predicted molar refractivity (Wildman–Crippen MR) is 232 cm³/mol. The van der Waals surface area contributed by atoms with E-state index in [0.29, 0.717) is 17.1 Å². The Bertz CT molecular complexity index is 2250. The van der Waals surface area contributed by atoms with Gasteiger partial charge in [0.05, 0.1) is 24.6 Å². The minimum atomic E-state index is -1.96. The molecule has 2 atom stereocenters. The van der Waals surface area contributed by atoms with Gasteiger partial charge in [0.2, 0.25) is 0 Å². The maximum absolute atomic E-state index is 14.6. The summed E-state index contributed by atoms with van der Waals surface area (Å²) in [7, 11) is -1.47. The molecule has 0 fully saturated rings. The fourth-order valence-corrected chi connectivity index (χ4v) is 6.83. The van der Waals surface area contributed by atoms with Crippen LogP contribution in [0.5, 0.6) is 0 Å². The van der Waals surface area contributed by atoms with E-state index in [4.69, 9.17) is 14.3 Å². The molecule has 4 aromatic carbocycles. The Labute approximate surface area is 341 Å². The van der Waals surface area contributed by atoms with E-state index < -0.39 is 46.2 Å². The van der Waals surface area contributed by atoms with Crippen molar-refractivity contribution in [2.75, 3.05) is 26.6 Å². The smallest absolute Gasteiger partial charge is 0.388 e. The summed E-state index contributed by atoms with van der Waals surface area (Å²) in [6.45, 7) is 13.1. The molecule has 2 unspecified atom stereocenters. The zero-order valence-corrected chi connectivity index (χ0v) is 34.8. The fourth-order valence-electron chi connectivity index (χ4n) is 6.83. The van der Waals surface area contributed by atoms with Crippen LogP contribution < -0.4 is 0 Å². The highest BCUT2D eigenvalue weighted by Gasteiger charge is 2.33. The van der Waals surface area contributed by atoms with Gasteiger partial charge in [0.25, 0.3) is 0 Å². The number of aromatic nitrogens is 1. The number of allylic oxidation sites excluding steroid dienone is 2. The molecule has 1 aliphatic heterocycles. The number of alkyl halides is 4. The van der Waals surface area contributed by atoms with Crippen molar-refractivity contribution in [1.29, 1.82) is 0 Å². The highest BCUT2D eigenvalue weighted by Crippen LogP contribution is 2.40. The van der Waals surface area contributed by atoms with Crippen molar-refractivity contribution in [3.05, 3.63) is 154 Å². The zero-order chi connectivity index (χ0) is 41.8. The SMILES string of the molecule is Cc1ccc(C2=CC(c3ccc(C(C)(C)C)cc3)=N/C2=C\c2c(-c3ccc(C)cc3)cc(-c3ccc(C(C)(C)C)cc3)n2B(OCC(F)CF)OCC(F)CF)cc1. The first-order valence-electron chi connectivity index (χ1n) is 19.8. The van der Waals surface area contributed by atoms with Crippen LogP contribution in [0.1, 0.15) is 80.6 Å². The number of halogens is 4. The molecule has 4 nitrogen and oxygen atoms in total. The molecule has 302 valence electrons. The summed E-state index contributed by atoms with van der Waals surface area (Å²) in [5.41, 5.74) is 12.1. The average Bonchev–Trinajstić information content (AvgIpc) is 3.80. The van der Waals surface area contributed by atoms with E-state index in [0.717, 1.165) is 55.8 Å². The third kappa shape index (κ3) is 9.99. The van der Waals surface area contributed by atoms with E-state index in [1.165, 1.54) is 5.56 Å². The Morgan fingerprint density at radius 3 is 1.55 bits per heavy atom. The Morgan fingerprint density at radius 2 is 1.09 bits per heavy atom. The molecule has 0 radical (unpaired) electrons. The molecule has 1 aliphatic rings. The number of aliphatic imine (C=N–C) groups is 1. The first kappa shape index (κ1) is 42.6. The van der Waals surface area contributed by atoms with Gasteiger partial charge in [-0.3, -0.25) is 0 Å². The molecular formula is C49H53BF4N2O2. The summed E-state index contributed by atoms with van der Waals surface area (Å²) in [6.07, 6.45) is 0.0928. The third-order valence-corrected chi connectivity index (χ3v) is 10.4. The average molecular weight is 789 g/mol. The summed E-state index contributed by atoms with van der Waals surface area (Å²) >= 11 is 0. The van der Waals surface area contributed by atoms with Crippen molar-refractivity contribution in [2.24, 2.45) is 4.99 Å². The predicted octanol–water partition coefficient (Wildman–Crippen LogP) is 12.4. The van der Waals surface area contributed by atoms with Gasteiger partial charge in [0.1, 0.15) is 25.7 Å². The van der Waals surface area contributed by atoms with Gasteiger partial charge < -0.3 is 13.8 Å². The molecule has 0 spiro atoms. The molecule has 0 aliphatic carbocycles. The van der Waals surface area contributed by atoms with Crippen molar-refractivity contribution < 1.29 is 26.9 Å². The van der Waals surface area contributed by atoms with Gasteiger partial charge in [-0.2, -0.15) is 0 Å². The molecular weight excluding hydrogens is 735 g/mol. The maximum atomic E-state index is 14.6. The Balaban J connectivity index is 1.64. The normalized spacial score (nSPS) is 15.1. The monoisotopic (exact) mass is 788 g/mol. The highest BCUT2D eigenvalue weighted by atomic mass is 19.2. The Kier molecular flexibility index (Phi) is 13.1. The van der Waals surface area contributed by atoms with Gasteiger partial charge in [0, 0.05) is 28.1 Å². The van der Waals surface area contributed by atoms with Crippen LogP contribution in [-0.2, 0) is 20.1 Å². The quantitative estimate of drug-likeness (QED) is 0.0830. The number of rotatable bonds is 14. The molecule has 0 saturated carbocycles. The summed E-state index contributed by atoms with van der Waals surface area (Å²) < 4.78 is 70.0. The summed E-state index contributed by atoms with van der Waals surface area (Å²) in [5, 5.41) is 0. The van der Waals surface area contributed by atoms with Crippen molar-refractivity contribution in [3.8, 4) is 22.4 Å². The van der Waals surface area contributed by atoms with E-state index >= 15 is 0 Å². The number of hydrogen-bond donors (Lipinski definition) is 0. The zero-order valence-electron chi connectivity index (χ0n) is 34.8. The minimum absolute atomic E-state index is 0.0219. The molecule has 6 rings (SSSR count). The van der Waals surface area contributed by atoms with Crippen LogP contribution in [0.4, 0.5) is 17.6 Å². The number of aryl methyl sites for hydroxylation is 2. The Morgan fingerprint density at radius 1 is 0.638 bits per heavy atom. The summed E-state index contributed by atoms with van der Waals surface area (Å²) in [6, 6.07) is 34.8. The van der Waals surface area contributed by atoms with Crippen LogP contribution in [0, 0.1) is 13.8 Å². The van der Waals surface area contributed by atoms with Crippen LogP contribution >= 0.6 is 0 Å². The molecule has 0 saturated heterocycles. The lowest BCUT2D eigenvalue weighted by Gasteiger charge is -2.22. The minimum Gasteiger partial charge on any atom is -0.388 e. The van der Waals surface area contributed by atoms with Gasteiger partial charge in [-0.1, -0.05) is 150 Å². The second kappa shape index (κ2) is 17.9. The molecule has 0 amide bonds. The van der Waals surface area contributed by atoms with Crippen molar-refractivity contribution in [3.63, 3.8) is 0 Å². The molecule has 58 heavy (non-hydrogen) atoms. The lowest BCUT2D eigenvalue weighted by Crippen LogP contribution is -2.38. The highest BCUT2D eigenvalue weighted by molar-refractivity contribution is 6.44. The van der Waals surface area contributed by atoms with Crippen LogP contribution in [0.15, 0.2) is 120 Å². The number of nitrogens with zero attached hydrogens (tertiary/aromatic N) is 2. The van der Waals surface area contributed by atoms with Gasteiger partial charge in [-0.05, 0) is 70.7 Å². The first-order valence-corrected chi connectivity index (χ1v) is 19.8. The molecule has 0 N–H and O–H groups in total.